The van der Waals surface area contributed by atoms with Crippen molar-refractivity contribution in [3.05, 3.63) is 83.7 Å². The first-order valence-electron chi connectivity index (χ1n) is 11.3. The number of nitrogens with two attached hydrogens (primary N) is 2. The normalized spacial score (nSPS) is 12.4. The first-order valence-corrected chi connectivity index (χ1v) is 13.0. The summed E-state index contributed by atoms with van der Waals surface area (Å²) in [5.41, 5.74) is 10.0. The molecule has 0 saturated carbocycles. The summed E-state index contributed by atoms with van der Waals surface area (Å²) in [7, 11) is 1.32. The van der Waals surface area contributed by atoms with Crippen LogP contribution in [0.5, 0.6) is 5.75 Å². The van der Waals surface area contributed by atoms with Crippen LogP contribution < -0.4 is 16.3 Å². The van der Waals surface area contributed by atoms with Gasteiger partial charge in [-0.15, -0.1) is 11.3 Å². The monoisotopic (exact) mass is 512 g/mol. The van der Waals surface area contributed by atoms with Gasteiger partial charge >= 0.3 is 5.97 Å². The lowest BCUT2D eigenvalue weighted by atomic mass is 10.1. The second-order valence-electron chi connectivity index (χ2n) is 8.05. The number of hydrazine groups is 1. The Morgan fingerprint density at radius 1 is 1.14 bits per heavy atom. The molecule has 1 unspecified atom stereocenters. The quantitative estimate of drug-likeness (QED) is 0.122. The average molecular weight is 513 g/mol. The number of carbonyl (C=O) groups excluding carboxylic acids is 1. The van der Waals surface area contributed by atoms with Crippen molar-refractivity contribution in [1.29, 1.82) is 0 Å². The van der Waals surface area contributed by atoms with Gasteiger partial charge in [-0.3, -0.25) is 4.72 Å². The number of aryl methyl sites for hydroxylation is 1. The van der Waals surface area contributed by atoms with E-state index in [-0.39, 0.29) is 5.75 Å². The van der Waals surface area contributed by atoms with E-state index in [1.54, 1.807) is 35.6 Å². The molecule has 3 aromatic rings. The highest BCUT2D eigenvalue weighted by atomic mass is 32.2. The maximum atomic E-state index is 12.3. The molecule has 3 rings (SSSR count). The molecule has 0 saturated heterocycles. The molecule has 186 valence electrons. The molecule has 0 radical (unpaired) electrons. The van der Waals surface area contributed by atoms with Crippen LogP contribution in [-0.4, -0.2) is 35.8 Å². The highest BCUT2D eigenvalue weighted by Crippen LogP contribution is 2.33. The number of thiophene rings is 1. The molecular weight excluding hydrogens is 480 g/mol. The van der Waals surface area contributed by atoms with Crippen molar-refractivity contribution in [2.75, 3.05) is 13.7 Å². The Hall–Kier alpha value is -2.98. The van der Waals surface area contributed by atoms with E-state index in [4.69, 9.17) is 16.3 Å². The molecule has 0 aliphatic carbocycles. The third-order valence-electron chi connectivity index (χ3n) is 5.32. The Morgan fingerprint density at radius 2 is 1.83 bits per heavy atom. The summed E-state index contributed by atoms with van der Waals surface area (Å²) in [4.78, 5) is 13.5. The van der Waals surface area contributed by atoms with E-state index < -0.39 is 12.0 Å². The van der Waals surface area contributed by atoms with E-state index in [0.717, 1.165) is 22.6 Å². The number of benzene rings is 2. The fourth-order valence-electron chi connectivity index (χ4n) is 3.47. The van der Waals surface area contributed by atoms with E-state index >= 15 is 0 Å². The van der Waals surface area contributed by atoms with E-state index in [1.165, 1.54) is 46.3 Å². The highest BCUT2D eigenvalue weighted by Gasteiger charge is 2.24. The molecule has 0 aliphatic rings. The first-order chi connectivity index (χ1) is 16.9. The number of phenols is 1. The number of nitrogens with one attached hydrogen (secondary N) is 1. The number of carbonyl (C=O) groups is 1. The number of methoxy groups -OCH3 is 1. The SMILES string of the molecule is CCCc1ccc(-c2ccc(SNC/C(N)=C/N(N)C(Cc3ccc(O)cc3)C(=O)OC)s2)cc1. The Morgan fingerprint density at radius 3 is 2.49 bits per heavy atom. The number of rotatable bonds is 12. The minimum Gasteiger partial charge on any atom is -0.508 e. The lowest BCUT2D eigenvalue weighted by molar-refractivity contribution is -0.146. The van der Waals surface area contributed by atoms with Crippen molar-refractivity contribution >= 4 is 29.3 Å². The van der Waals surface area contributed by atoms with Crippen LogP contribution in [0.15, 0.2) is 76.8 Å². The van der Waals surface area contributed by atoms with Gasteiger partial charge in [-0.1, -0.05) is 49.7 Å². The summed E-state index contributed by atoms with van der Waals surface area (Å²) in [5, 5.41) is 10.7. The van der Waals surface area contributed by atoms with E-state index in [2.05, 4.69) is 48.0 Å². The van der Waals surface area contributed by atoms with Crippen molar-refractivity contribution in [3.8, 4) is 16.2 Å². The van der Waals surface area contributed by atoms with Crippen molar-refractivity contribution < 1.29 is 14.6 Å². The summed E-state index contributed by atoms with van der Waals surface area (Å²) in [6.45, 7) is 2.57. The van der Waals surface area contributed by atoms with Gasteiger partial charge in [0.2, 0.25) is 0 Å². The van der Waals surface area contributed by atoms with E-state index in [0.29, 0.717) is 18.7 Å². The van der Waals surface area contributed by atoms with Crippen LogP contribution in [0.1, 0.15) is 24.5 Å². The molecule has 0 bridgehead atoms. The van der Waals surface area contributed by atoms with Gasteiger partial charge in [0, 0.05) is 29.7 Å². The zero-order valence-electron chi connectivity index (χ0n) is 19.9. The standard InChI is InChI=1S/C26H32N4O3S2/c1-3-4-18-5-9-20(10-6-18)24-13-14-25(34-24)35-29-16-21(27)17-30(28)23(26(32)33-2)15-19-7-11-22(31)12-8-19/h5-14,17,23,29,31H,3-4,15-16,27-28H2,1-2H3/b21-17-. The van der Waals surface area contributed by atoms with Gasteiger partial charge in [-0.05, 0) is 59.3 Å². The fraction of sp³-hybridized carbons (Fsp3) is 0.269. The molecular formula is C26H32N4O3S2. The van der Waals surface area contributed by atoms with E-state index in [9.17, 15) is 9.90 Å². The number of esters is 1. The predicted octanol–water partition coefficient (Wildman–Crippen LogP) is 4.43. The number of hydrogen-bond donors (Lipinski definition) is 4. The minimum atomic E-state index is -0.751. The van der Waals surface area contributed by atoms with Gasteiger partial charge in [0.05, 0.1) is 11.3 Å². The van der Waals surface area contributed by atoms with Crippen LogP contribution >= 0.6 is 23.3 Å². The zero-order chi connectivity index (χ0) is 25.2. The van der Waals surface area contributed by atoms with Crippen molar-refractivity contribution in [2.45, 2.75) is 36.4 Å². The lowest BCUT2D eigenvalue weighted by Gasteiger charge is -2.24. The van der Waals surface area contributed by atoms with Crippen LogP contribution in [0, 0.1) is 0 Å². The van der Waals surface area contributed by atoms with Gasteiger partial charge in [0.25, 0.3) is 0 Å². The Labute approximate surface area is 214 Å². The Bertz CT molecular complexity index is 1110. The zero-order valence-corrected chi connectivity index (χ0v) is 21.6. The summed E-state index contributed by atoms with van der Waals surface area (Å²) < 4.78 is 9.27. The van der Waals surface area contributed by atoms with Crippen molar-refractivity contribution in [1.82, 2.24) is 9.73 Å². The molecule has 0 spiro atoms. The molecule has 0 aliphatic heterocycles. The van der Waals surface area contributed by atoms with Gasteiger partial charge in [0.1, 0.15) is 11.8 Å². The van der Waals surface area contributed by atoms with Gasteiger partial charge in [-0.2, -0.15) is 0 Å². The Balaban J connectivity index is 1.54. The van der Waals surface area contributed by atoms with Crippen LogP contribution in [0.4, 0.5) is 0 Å². The largest absolute Gasteiger partial charge is 0.508 e. The minimum absolute atomic E-state index is 0.156. The number of phenolic OH excluding ortho intramolecular Hbond substituents is 1. The number of aromatic hydroxyl groups is 1. The second kappa shape index (κ2) is 13.2. The molecule has 9 heteroatoms. The average Bonchev–Trinajstić information content (AvgIpc) is 3.32. The van der Waals surface area contributed by atoms with Gasteiger partial charge < -0.3 is 20.6 Å². The molecule has 0 fully saturated rings. The molecule has 2 aromatic carbocycles. The third kappa shape index (κ3) is 8.03. The lowest BCUT2D eigenvalue weighted by Crippen LogP contribution is -2.45. The molecule has 35 heavy (non-hydrogen) atoms. The van der Waals surface area contributed by atoms with Crippen LogP contribution in [0.25, 0.3) is 10.4 Å². The summed E-state index contributed by atoms with van der Waals surface area (Å²) in [6.07, 6.45) is 4.09. The molecule has 0 amide bonds. The smallest absolute Gasteiger partial charge is 0.330 e. The first kappa shape index (κ1) is 26.6. The summed E-state index contributed by atoms with van der Waals surface area (Å²) in [5.74, 6) is 5.83. The molecule has 1 atom stereocenters. The molecule has 7 nitrogen and oxygen atoms in total. The topological polar surface area (TPSA) is 114 Å². The van der Waals surface area contributed by atoms with Gasteiger partial charge in [0.15, 0.2) is 0 Å². The molecule has 1 heterocycles. The van der Waals surface area contributed by atoms with Gasteiger partial charge in [-0.25, -0.2) is 10.6 Å². The fourth-order valence-corrected chi connectivity index (χ4v) is 5.35. The highest BCUT2D eigenvalue weighted by molar-refractivity contribution is 7.99. The van der Waals surface area contributed by atoms with Crippen molar-refractivity contribution in [3.63, 3.8) is 0 Å². The Kier molecular flexibility index (Phi) is 10.0. The van der Waals surface area contributed by atoms with E-state index in [1.807, 2.05) is 0 Å². The van der Waals surface area contributed by atoms with Crippen LogP contribution in [0.3, 0.4) is 0 Å². The summed E-state index contributed by atoms with van der Waals surface area (Å²) in [6, 6.07) is 18.8. The third-order valence-corrected chi connectivity index (χ3v) is 7.38. The number of hydrogen-bond acceptors (Lipinski definition) is 9. The number of nitrogens with zero attached hydrogens (tertiary/aromatic N) is 1. The summed E-state index contributed by atoms with van der Waals surface area (Å²) >= 11 is 3.21. The van der Waals surface area contributed by atoms with Crippen molar-refractivity contribution in [2.24, 2.45) is 11.6 Å². The predicted molar refractivity (Wildman–Crippen MR) is 144 cm³/mol. The van der Waals surface area contributed by atoms with Crippen LogP contribution in [-0.2, 0) is 22.4 Å². The number of ether oxygens (including phenoxy) is 1. The van der Waals surface area contributed by atoms with Crippen LogP contribution in [0.2, 0.25) is 0 Å². The second-order valence-corrected chi connectivity index (χ2v) is 10.3. The molecule has 1 aromatic heterocycles. The molecule has 6 N–H and O–H groups in total. The maximum Gasteiger partial charge on any atom is 0.330 e. The maximum absolute atomic E-state index is 12.3.